The van der Waals surface area contributed by atoms with Gasteiger partial charge in [-0.2, -0.15) is 0 Å². The van der Waals surface area contributed by atoms with E-state index in [1.54, 1.807) is 7.11 Å². The molecule has 16 heavy (non-hydrogen) atoms. The summed E-state index contributed by atoms with van der Waals surface area (Å²) in [5.41, 5.74) is 2.45. The Morgan fingerprint density at radius 3 is 2.94 bits per heavy atom. The van der Waals surface area contributed by atoms with E-state index in [0.717, 1.165) is 25.0 Å². The van der Waals surface area contributed by atoms with E-state index in [4.69, 9.17) is 4.74 Å². The third-order valence-electron chi connectivity index (χ3n) is 2.85. The molecule has 0 amide bonds. The lowest BCUT2D eigenvalue weighted by molar-refractivity contribution is -0.115. The summed E-state index contributed by atoms with van der Waals surface area (Å²) in [6, 6.07) is 8.02. The lowest BCUT2D eigenvalue weighted by Gasteiger charge is -2.12. The van der Waals surface area contributed by atoms with E-state index in [9.17, 15) is 4.79 Å². The van der Waals surface area contributed by atoms with Crippen LogP contribution in [0.25, 0.3) is 0 Å². The van der Waals surface area contributed by atoms with Gasteiger partial charge in [0.1, 0.15) is 5.75 Å². The van der Waals surface area contributed by atoms with Gasteiger partial charge in [-0.05, 0) is 43.0 Å². The highest BCUT2D eigenvalue weighted by molar-refractivity contribution is 5.91. The van der Waals surface area contributed by atoms with Crippen LogP contribution in [0.3, 0.4) is 0 Å². The number of carbonyl (C=O) groups is 1. The van der Waals surface area contributed by atoms with Crippen molar-refractivity contribution in [1.82, 2.24) is 0 Å². The van der Waals surface area contributed by atoms with Crippen molar-refractivity contribution in [2.45, 2.75) is 25.7 Å². The van der Waals surface area contributed by atoms with E-state index in [-0.39, 0.29) is 5.78 Å². The van der Waals surface area contributed by atoms with Gasteiger partial charge in [-0.3, -0.25) is 4.79 Å². The molecule has 84 valence electrons. The molecule has 0 fully saturated rings. The zero-order chi connectivity index (χ0) is 11.4. The topological polar surface area (TPSA) is 26.3 Å². The number of hydrogen-bond donors (Lipinski definition) is 0. The van der Waals surface area contributed by atoms with Crippen LogP contribution < -0.4 is 4.74 Å². The van der Waals surface area contributed by atoms with Crippen molar-refractivity contribution in [3.8, 4) is 5.75 Å². The fourth-order valence-electron chi connectivity index (χ4n) is 2.05. The molecule has 2 heteroatoms. The number of benzene rings is 1. The quantitative estimate of drug-likeness (QED) is 0.776. The van der Waals surface area contributed by atoms with Crippen molar-refractivity contribution in [3.63, 3.8) is 0 Å². The van der Waals surface area contributed by atoms with Crippen molar-refractivity contribution in [1.29, 1.82) is 0 Å². The highest BCUT2D eigenvalue weighted by atomic mass is 16.5. The zero-order valence-electron chi connectivity index (χ0n) is 9.53. The molecule has 0 atom stereocenters. The monoisotopic (exact) mass is 216 g/mol. The second kappa shape index (κ2) is 4.97. The predicted octanol–water partition coefficient (Wildman–Crippen LogP) is 2.92. The first-order valence-electron chi connectivity index (χ1n) is 5.63. The zero-order valence-corrected chi connectivity index (χ0v) is 9.53. The number of hydrogen-bond acceptors (Lipinski definition) is 2. The number of ether oxygens (including phenoxy) is 1. The Bertz CT molecular complexity index is 418. The molecule has 1 aromatic carbocycles. The maximum atomic E-state index is 11.3. The molecule has 0 saturated heterocycles. The molecule has 0 bridgehead atoms. The summed E-state index contributed by atoms with van der Waals surface area (Å²) in [7, 11) is 1.67. The third-order valence-corrected chi connectivity index (χ3v) is 2.85. The van der Waals surface area contributed by atoms with Crippen LogP contribution >= 0.6 is 0 Å². The number of allylic oxidation sites excluding steroid dienone is 2. The van der Waals surface area contributed by atoms with Crippen LogP contribution in [0.15, 0.2) is 35.9 Å². The molecule has 1 aliphatic carbocycles. The highest BCUT2D eigenvalue weighted by Gasteiger charge is 2.10. The Hall–Kier alpha value is -1.57. The Labute approximate surface area is 95.9 Å². The van der Waals surface area contributed by atoms with E-state index in [1.807, 2.05) is 24.3 Å². The fourth-order valence-corrected chi connectivity index (χ4v) is 2.05. The largest absolute Gasteiger partial charge is 0.497 e. The van der Waals surface area contributed by atoms with Crippen molar-refractivity contribution < 1.29 is 9.53 Å². The molecule has 0 radical (unpaired) electrons. The molecule has 0 aromatic heterocycles. The van der Waals surface area contributed by atoms with Crippen LogP contribution in [-0.2, 0) is 11.2 Å². The second-order valence-corrected chi connectivity index (χ2v) is 4.15. The third kappa shape index (κ3) is 2.72. The molecule has 2 rings (SSSR count). The molecule has 0 spiro atoms. The Morgan fingerprint density at radius 1 is 1.31 bits per heavy atom. The Morgan fingerprint density at radius 2 is 2.19 bits per heavy atom. The Balaban J connectivity index is 2.11. The summed E-state index contributed by atoms with van der Waals surface area (Å²) in [4.78, 5) is 11.3. The first kappa shape index (κ1) is 10.9. The number of rotatable bonds is 3. The number of carbonyl (C=O) groups excluding carboxylic acids is 1. The van der Waals surface area contributed by atoms with Gasteiger partial charge in [0.2, 0.25) is 0 Å². The summed E-state index contributed by atoms with van der Waals surface area (Å²) in [6.45, 7) is 0. The van der Waals surface area contributed by atoms with E-state index in [1.165, 1.54) is 11.1 Å². The highest BCUT2D eigenvalue weighted by Crippen LogP contribution is 2.21. The van der Waals surface area contributed by atoms with Crippen molar-refractivity contribution in [3.05, 3.63) is 41.5 Å². The second-order valence-electron chi connectivity index (χ2n) is 4.15. The van der Waals surface area contributed by atoms with Crippen LogP contribution in [0.5, 0.6) is 5.75 Å². The van der Waals surface area contributed by atoms with Gasteiger partial charge in [0, 0.05) is 6.42 Å². The molecule has 0 heterocycles. The summed E-state index contributed by atoms with van der Waals surface area (Å²) in [5, 5.41) is 0. The number of ketones is 1. The maximum absolute atomic E-state index is 11.3. The lowest BCUT2D eigenvalue weighted by Crippen LogP contribution is -2.04. The molecular formula is C14H16O2. The molecule has 2 nitrogen and oxygen atoms in total. The van der Waals surface area contributed by atoms with E-state index < -0.39 is 0 Å². The van der Waals surface area contributed by atoms with Crippen LogP contribution in [0.1, 0.15) is 24.8 Å². The van der Waals surface area contributed by atoms with Crippen LogP contribution in [0.4, 0.5) is 0 Å². The van der Waals surface area contributed by atoms with E-state index in [0.29, 0.717) is 6.42 Å². The van der Waals surface area contributed by atoms with Crippen LogP contribution in [-0.4, -0.2) is 12.9 Å². The van der Waals surface area contributed by atoms with Crippen molar-refractivity contribution in [2.24, 2.45) is 0 Å². The minimum atomic E-state index is 0.268. The molecular weight excluding hydrogens is 200 g/mol. The summed E-state index contributed by atoms with van der Waals surface area (Å²) >= 11 is 0. The van der Waals surface area contributed by atoms with Gasteiger partial charge in [0.25, 0.3) is 0 Å². The average Bonchev–Trinajstić information content (AvgIpc) is 2.29. The summed E-state index contributed by atoms with van der Waals surface area (Å²) < 4.78 is 5.18. The van der Waals surface area contributed by atoms with Gasteiger partial charge < -0.3 is 4.74 Å². The SMILES string of the molecule is COc1cccc(CC2=CC(=O)CCC2)c1. The van der Waals surface area contributed by atoms with Gasteiger partial charge in [-0.15, -0.1) is 0 Å². The lowest BCUT2D eigenvalue weighted by atomic mass is 9.93. The summed E-state index contributed by atoms with van der Waals surface area (Å²) in [6.07, 6.45) is 5.42. The smallest absolute Gasteiger partial charge is 0.155 e. The molecule has 1 aromatic rings. The molecule has 0 saturated carbocycles. The van der Waals surface area contributed by atoms with Crippen molar-refractivity contribution >= 4 is 5.78 Å². The molecule has 0 aliphatic heterocycles. The van der Waals surface area contributed by atoms with E-state index >= 15 is 0 Å². The standard InChI is InChI=1S/C14H16O2/c1-16-14-7-3-5-12(10-14)8-11-4-2-6-13(15)9-11/h3,5,7,9-10H,2,4,6,8H2,1H3. The van der Waals surface area contributed by atoms with Crippen LogP contribution in [0.2, 0.25) is 0 Å². The first-order valence-corrected chi connectivity index (χ1v) is 5.63. The average molecular weight is 216 g/mol. The Kier molecular flexibility index (Phi) is 3.40. The summed E-state index contributed by atoms with van der Waals surface area (Å²) in [5.74, 6) is 1.14. The van der Waals surface area contributed by atoms with Gasteiger partial charge in [-0.25, -0.2) is 0 Å². The number of methoxy groups -OCH3 is 1. The maximum Gasteiger partial charge on any atom is 0.155 e. The molecule has 1 aliphatic rings. The van der Waals surface area contributed by atoms with E-state index in [2.05, 4.69) is 6.07 Å². The first-order chi connectivity index (χ1) is 7.78. The van der Waals surface area contributed by atoms with Crippen molar-refractivity contribution in [2.75, 3.05) is 7.11 Å². The van der Waals surface area contributed by atoms with Gasteiger partial charge in [0.15, 0.2) is 5.78 Å². The van der Waals surface area contributed by atoms with Gasteiger partial charge >= 0.3 is 0 Å². The van der Waals surface area contributed by atoms with Crippen LogP contribution in [0, 0.1) is 0 Å². The normalized spacial score (nSPS) is 15.8. The molecule has 0 N–H and O–H groups in total. The predicted molar refractivity (Wildman–Crippen MR) is 63.6 cm³/mol. The molecule has 0 unspecified atom stereocenters. The minimum absolute atomic E-state index is 0.268. The fraction of sp³-hybridized carbons (Fsp3) is 0.357. The minimum Gasteiger partial charge on any atom is -0.497 e. The van der Waals surface area contributed by atoms with Gasteiger partial charge in [-0.1, -0.05) is 17.7 Å². The van der Waals surface area contributed by atoms with Gasteiger partial charge in [0.05, 0.1) is 7.11 Å².